The third-order valence-electron chi connectivity index (χ3n) is 2.38. The van der Waals surface area contributed by atoms with E-state index >= 15 is 0 Å². The highest BCUT2D eigenvalue weighted by Gasteiger charge is 2.15. The van der Waals surface area contributed by atoms with Gasteiger partial charge in [0.15, 0.2) is 11.5 Å². The summed E-state index contributed by atoms with van der Waals surface area (Å²) in [4.78, 5) is 0. The summed E-state index contributed by atoms with van der Waals surface area (Å²) >= 11 is 0. The highest BCUT2D eigenvalue weighted by molar-refractivity contribution is 5.55. The van der Waals surface area contributed by atoms with Gasteiger partial charge in [-0.15, -0.1) is 0 Å². The molecule has 0 saturated heterocycles. The van der Waals surface area contributed by atoms with Crippen molar-refractivity contribution in [3.05, 3.63) is 17.7 Å². The predicted molar refractivity (Wildman–Crippen MR) is 64.7 cm³/mol. The predicted octanol–water partition coefficient (Wildman–Crippen LogP) is 3.06. The minimum absolute atomic E-state index is 0.618. The number of aryl methyl sites for hydroxylation is 1. The average Bonchev–Trinajstić information content (AvgIpc) is 2.31. The van der Waals surface area contributed by atoms with Crippen molar-refractivity contribution in [2.24, 2.45) is 0 Å². The van der Waals surface area contributed by atoms with Crippen LogP contribution in [0, 0.1) is 0 Å². The zero-order valence-electron chi connectivity index (χ0n) is 10.5. The Morgan fingerprint density at radius 1 is 1.00 bits per heavy atom. The zero-order chi connectivity index (χ0) is 12.0. The Balaban J connectivity index is 3.16. The standard InChI is InChI=1S/C13H20O3/c1-5-7-10-8-9-11(16-6-2)13(15-4)12(10)14-3/h8-9H,5-7H2,1-4H3. The quantitative estimate of drug-likeness (QED) is 0.743. The van der Waals surface area contributed by atoms with Gasteiger partial charge in [0.2, 0.25) is 5.75 Å². The molecular formula is C13H20O3. The van der Waals surface area contributed by atoms with E-state index in [1.54, 1.807) is 14.2 Å². The molecule has 0 spiro atoms. The molecule has 1 aromatic rings. The molecule has 3 nitrogen and oxygen atoms in total. The van der Waals surface area contributed by atoms with Gasteiger partial charge in [0.25, 0.3) is 0 Å². The van der Waals surface area contributed by atoms with E-state index in [2.05, 4.69) is 6.92 Å². The maximum absolute atomic E-state index is 5.50. The molecule has 0 aliphatic carbocycles. The minimum Gasteiger partial charge on any atom is -0.492 e. The number of methoxy groups -OCH3 is 2. The highest BCUT2D eigenvalue weighted by Crippen LogP contribution is 2.40. The van der Waals surface area contributed by atoms with Gasteiger partial charge in [-0.1, -0.05) is 19.4 Å². The van der Waals surface area contributed by atoms with Crippen molar-refractivity contribution in [3.63, 3.8) is 0 Å². The molecule has 16 heavy (non-hydrogen) atoms. The van der Waals surface area contributed by atoms with Crippen LogP contribution in [-0.4, -0.2) is 20.8 Å². The number of hydrogen-bond donors (Lipinski definition) is 0. The van der Waals surface area contributed by atoms with Crippen LogP contribution in [0.25, 0.3) is 0 Å². The smallest absolute Gasteiger partial charge is 0.203 e. The molecular weight excluding hydrogens is 204 g/mol. The molecule has 0 aliphatic rings. The fraction of sp³-hybridized carbons (Fsp3) is 0.538. The fourth-order valence-electron chi connectivity index (χ4n) is 1.74. The van der Waals surface area contributed by atoms with E-state index in [1.807, 2.05) is 19.1 Å². The van der Waals surface area contributed by atoms with E-state index in [1.165, 1.54) is 0 Å². The van der Waals surface area contributed by atoms with Gasteiger partial charge in [-0.05, 0) is 25.0 Å². The van der Waals surface area contributed by atoms with E-state index in [0.29, 0.717) is 12.4 Å². The molecule has 0 N–H and O–H groups in total. The molecule has 90 valence electrons. The molecule has 0 heterocycles. The number of rotatable bonds is 6. The minimum atomic E-state index is 0.618. The van der Waals surface area contributed by atoms with Crippen LogP contribution in [0.15, 0.2) is 12.1 Å². The summed E-state index contributed by atoms with van der Waals surface area (Å²) in [6.07, 6.45) is 2.05. The Kier molecular flexibility index (Phi) is 4.96. The van der Waals surface area contributed by atoms with E-state index in [4.69, 9.17) is 14.2 Å². The van der Waals surface area contributed by atoms with Gasteiger partial charge < -0.3 is 14.2 Å². The Morgan fingerprint density at radius 3 is 2.19 bits per heavy atom. The van der Waals surface area contributed by atoms with Crippen LogP contribution >= 0.6 is 0 Å². The van der Waals surface area contributed by atoms with Gasteiger partial charge in [0.05, 0.1) is 20.8 Å². The molecule has 0 amide bonds. The van der Waals surface area contributed by atoms with Crippen LogP contribution in [0.4, 0.5) is 0 Å². The number of benzene rings is 1. The summed E-state index contributed by atoms with van der Waals surface area (Å²) in [7, 11) is 3.29. The first-order chi connectivity index (χ1) is 7.78. The summed E-state index contributed by atoms with van der Waals surface area (Å²) < 4.78 is 16.3. The van der Waals surface area contributed by atoms with Crippen molar-refractivity contribution >= 4 is 0 Å². The largest absolute Gasteiger partial charge is 0.492 e. The van der Waals surface area contributed by atoms with Crippen molar-refractivity contribution < 1.29 is 14.2 Å². The van der Waals surface area contributed by atoms with Crippen molar-refractivity contribution in [1.29, 1.82) is 0 Å². The lowest BCUT2D eigenvalue weighted by Gasteiger charge is -2.16. The summed E-state index contributed by atoms with van der Waals surface area (Å²) in [6.45, 7) is 4.71. The van der Waals surface area contributed by atoms with Gasteiger partial charge in [-0.25, -0.2) is 0 Å². The van der Waals surface area contributed by atoms with Crippen LogP contribution in [-0.2, 0) is 6.42 Å². The van der Waals surface area contributed by atoms with Gasteiger partial charge in [0.1, 0.15) is 0 Å². The molecule has 0 radical (unpaired) electrons. The third-order valence-corrected chi connectivity index (χ3v) is 2.38. The molecule has 1 rings (SSSR count). The van der Waals surface area contributed by atoms with E-state index in [0.717, 1.165) is 29.9 Å². The van der Waals surface area contributed by atoms with Crippen molar-refractivity contribution in [3.8, 4) is 17.2 Å². The second kappa shape index (κ2) is 6.26. The van der Waals surface area contributed by atoms with E-state index in [-0.39, 0.29) is 0 Å². The number of ether oxygens (including phenoxy) is 3. The maximum atomic E-state index is 5.50. The maximum Gasteiger partial charge on any atom is 0.203 e. The third kappa shape index (κ3) is 2.60. The van der Waals surface area contributed by atoms with Gasteiger partial charge in [0, 0.05) is 0 Å². The first-order valence-corrected chi connectivity index (χ1v) is 5.65. The Morgan fingerprint density at radius 2 is 1.69 bits per heavy atom. The number of hydrogen-bond acceptors (Lipinski definition) is 3. The average molecular weight is 224 g/mol. The van der Waals surface area contributed by atoms with Gasteiger partial charge in [-0.3, -0.25) is 0 Å². The Bertz CT molecular complexity index is 301. The normalized spacial score (nSPS) is 10.0. The second-order valence-electron chi connectivity index (χ2n) is 3.47. The zero-order valence-corrected chi connectivity index (χ0v) is 10.5. The molecule has 0 aliphatic heterocycles. The molecule has 1 aromatic carbocycles. The summed E-state index contributed by atoms with van der Waals surface area (Å²) in [6, 6.07) is 3.98. The summed E-state index contributed by atoms with van der Waals surface area (Å²) in [5, 5.41) is 0. The molecule has 3 heteroatoms. The lowest BCUT2D eigenvalue weighted by molar-refractivity contribution is 0.295. The molecule has 0 bridgehead atoms. The summed E-state index contributed by atoms with van der Waals surface area (Å²) in [5.41, 5.74) is 1.16. The van der Waals surface area contributed by atoms with Crippen LogP contribution in [0.2, 0.25) is 0 Å². The molecule has 0 unspecified atom stereocenters. The van der Waals surface area contributed by atoms with Crippen LogP contribution in [0.1, 0.15) is 25.8 Å². The molecule has 0 atom stereocenters. The van der Waals surface area contributed by atoms with Crippen molar-refractivity contribution in [1.82, 2.24) is 0 Å². The lowest BCUT2D eigenvalue weighted by atomic mass is 10.1. The fourth-order valence-corrected chi connectivity index (χ4v) is 1.74. The molecule has 0 fully saturated rings. The first-order valence-electron chi connectivity index (χ1n) is 5.65. The Hall–Kier alpha value is -1.38. The summed E-state index contributed by atoms with van der Waals surface area (Å²) in [5.74, 6) is 2.22. The van der Waals surface area contributed by atoms with Gasteiger partial charge >= 0.3 is 0 Å². The van der Waals surface area contributed by atoms with Crippen LogP contribution in [0.3, 0.4) is 0 Å². The van der Waals surface area contributed by atoms with Crippen LogP contribution in [0.5, 0.6) is 17.2 Å². The van der Waals surface area contributed by atoms with Gasteiger partial charge in [-0.2, -0.15) is 0 Å². The van der Waals surface area contributed by atoms with E-state index < -0.39 is 0 Å². The molecule has 0 aromatic heterocycles. The van der Waals surface area contributed by atoms with Crippen molar-refractivity contribution in [2.75, 3.05) is 20.8 Å². The highest BCUT2D eigenvalue weighted by atomic mass is 16.5. The van der Waals surface area contributed by atoms with E-state index in [9.17, 15) is 0 Å². The monoisotopic (exact) mass is 224 g/mol. The van der Waals surface area contributed by atoms with Crippen molar-refractivity contribution in [2.45, 2.75) is 26.7 Å². The van der Waals surface area contributed by atoms with Crippen LogP contribution < -0.4 is 14.2 Å². The molecule has 0 saturated carbocycles. The Labute approximate surface area is 97.3 Å². The SMILES string of the molecule is CCCc1ccc(OCC)c(OC)c1OC. The topological polar surface area (TPSA) is 27.7 Å². The lowest BCUT2D eigenvalue weighted by Crippen LogP contribution is -2.00. The first kappa shape index (κ1) is 12.7. The second-order valence-corrected chi connectivity index (χ2v) is 3.47.